The Hall–Kier alpha value is -1.55. The zero-order valence-corrected chi connectivity index (χ0v) is 13.1. The van der Waals surface area contributed by atoms with Crippen molar-refractivity contribution < 1.29 is 14.3 Å². The summed E-state index contributed by atoms with van der Waals surface area (Å²) in [5, 5.41) is 0. The molecule has 1 unspecified atom stereocenters. The molecule has 1 aromatic rings. The number of hydrogen-bond acceptors (Lipinski definition) is 4. The minimum atomic E-state index is -0.158. The molecule has 0 aliphatic carbocycles. The quantitative estimate of drug-likeness (QED) is 0.532. The van der Waals surface area contributed by atoms with Gasteiger partial charge in [0.2, 0.25) is 0 Å². The first kappa shape index (κ1) is 17.5. The summed E-state index contributed by atoms with van der Waals surface area (Å²) in [5.41, 5.74) is 5.59. The van der Waals surface area contributed by atoms with Gasteiger partial charge in [-0.1, -0.05) is 32.0 Å². The number of nitrogens with two attached hydrogens (primary N) is 1. The predicted octanol–water partition coefficient (Wildman–Crippen LogP) is 3.01. The van der Waals surface area contributed by atoms with Crippen molar-refractivity contribution in [1.82, 2.24) is 0 Å². The number of hydrogen-bond donors (Lipinski definition) is 1. The Morgan fingerprint density at radius 1 is 1.14 bits per heavy atom. The largest absolute Gasteiger partial charge is 0.490 e. The second kappa shape index (κ2) is 10.2. The number of carbonyl (C=O) groups excluding carboxylic acids is 1. The van der Waals surface area contributed by atoms with Crippen molar-refractivity contribution in [2.24, 2.45) is 17.6 Å². The molecule has 0 saturated carbocycles. The summed E-state index contributed by atoms with van der Waals surface area (Å²) in [5.74, 6) is 1.66. The fraction of sp³-hybridized carbons (Fsp3) is 0.588. The van der Waals surface area contributed by atoms with Gasteiger partial charge in [-0.3, -0.25) is 4.79 Å². The van der Waals surface area contributed by atoms with E-state index >= 15 is 0 Å². The molecule has 0 saturated heterocycles. The van der Waals surface area contributed by atoms with Crippen molar-refractivity contribution in [2.45, 2.75) is 33.1 Å². The Balaban J connectivity index is 2.13. The van der Waals surface area contributed by atoms with Crippen LogP contribution in [0.15, 0.2) is 30.3 Å². The molecule has 4 heteroatoms. The number of carbonyl (C=O) groups is 1. The molecule has 0 aromatic heterocycles. The predicted molar refractivity (Wildman–Crippen MR) is 84.1 cm³/mol. The van der Waals surface area contributed by atoms with E-state index in [1.54, 1.807) is 0 Å². The normalized spacial score (nSPS) is 12.2. The van der Waals surface area contributed by atoms with Gasteiger partial charge in [0.05, 0.1) is 0 Å². The zero-order chi connectivity index (χ0) is 15.5. The van der Waals surface area contributed by atoms with Gasteiger partial charge in [-0.25, -0.2) is 0 Å². The molecule has 21 heavy (non-hydrogen) atoms. The maximum atomic E-state index is 11.7. The lowest BCUT2D eigenvalue weighted by Crippen LogP contribution is -2.17. The number of benzene rings is 1. The number of ether oxygens (including phenoxy) is 2. The lowest BCUT2D eigenvalue weighted by molar-refractivity contribution is -0.144. The van der Waals surface area contributed by atoms with E-state index in [1.165, 1.54) is 0 Å². The van der Waals surface area contributed by atoms with Crippen LogP contribution in [0.25, 0.3) is 0 Å². The number of para-hydroxylation sites is 1. The molecule has 118 valence electrons. The number of rotatable bonds is 10. The first-order valence-corrected chi connectivity index (χ1v) is 7.67. The highest BCUT2D eigenvalue weighted by Gasteiger charge is 2.14. The van der Waals surface area contributed by atoms with E-state index in [1.807, 2.05) is 30.3 Å². The summed E-state index contributed by atoms with van der Waals surface area (Å²) in [6, 6.07) is 9.50. The molecule has 0 aliphatic heterocycles. The van der Waals surface area contributed by atoms with Crippen molar-refractivity contribution in [3.63, 3.8) is 0 Å². The minimum absolute atomic E-state index is 0.158. The van der Waals surface area contributed by atoms with Gasteiger partial charge in [0, 0.05) is 6.42 Å². The SMILES string of the molecule is CC(C)C(CCN)CCC(=O)OCCOc1ccccc1. The maximum absolute atomic E-state index is 11.7. The van der Waals surface area contributed by atoms with Crippen LogP contribution in [0.1, 0.15) is 33.1 Å². The summed E-state index contributed by atoms with van der Waals surface area (Å²) in [7, 11) is 0. The van der Waals surface area contributed by atoms with E-state index < -0.39 is 0 Å². The standard InChI is InChI=1S/C17H27NO3/c1-14(2)15(10-11-18)8-9-17(19)21-13-12-20-16-6-4-3-5-7-16/h3-7,14-15H,8-13,18H2,1-2H3. The topological polar surface area (TPSA) is 61.6 Å². The third-order valence-corrected chi connectivity index (χ3v) is 3.56. The third-order valence-electron chi connectivity index (χ3n) is 3.56. The van der Waals surface area contributed by atoms with Gasteiger partial charge < -0.3 is 15.2 Å². The summed E-state index contributed by atoms with van der Waals surface area (Å²) < 4.78 is 10.6. The van der Waals surface area contributed by atoms with Crippen molar-refractivity contribution in [3.05, 3.63) is 30.3 Å². The Morgan fingerprint density at radius 3 is 2.48 bits per heavy atom. The van der Waals surface area contributed by atoms with Crippen molar-refractivity contribution in [2.75, 3.05) is 19.8 Å². The average Bonchev–Trinajstić information content (AvgIpc) is 2.48. The molecular weight excluding hydrogens is 266 g/mol. The Kier molecular flexibility index (Phi) is 8.51. The lowest BCUT2D eigenvalue weighted by atomic mass is 9.88. The molecular formula is C17H27NO3. The summed E-state index contributed by atoms with van der Waals surface area (Å²) in [4.78, 5) is 11.7. The van der Waals surface area contributed by atoms with Crippen molar-refractivity contribution in [1.29, 1.82) is 0 Å². The van der Waals surface area contributed by atoms with Gasteiger partial charge in [-0.2, -0.15) is 0 Å². The van der Waals surface area contributed by atoms with Crippen LogP contribution in [-0.2, 0) is 9.53 Å². The molecule has 0 amide bonds. The van der Waals surface area contributed by atoms with Gasteiger partial charge in [-0.05, 0) is 43.4 Å². The molecule has 1 rings (SSSR count). The van der Waals surface area contributed by atoms with Crippen LogP contribution in [0.3, 0.4) is 0 Å². The second-order valence-corrected chi connectivity index (χ2v) is 5.50. The molecule has 1 aromatic carbocycles. The van der Waals surface area contributed by atoms with Crippen LogP contribution in [-0.4, -0.2) is 25.7 Å². The summed E-state index contributed by atoms with van der Waals surface area (Å²) in [6.07, 6.45) is 2.25. The smallest absolute Gasteiger partial charge is 0.305 e. The van der Waals surface area contributed by atoms with Crippen LogP contribution in [0.4, 0.5) is 0 Å². The highest BCUT2D eigenvalue weighted by Crippen LogP contribution is 2.20. The first-order valence-electron chi connectivity index (χ1n) is 7.67. The molecule has 2 N–H and O–H groups in total. The monoisotopic (exact) mass is 293 g/mol. The van der Waals surface area contributed by atoms with Gasteiger partial charge in [0.1, 0.15) is 19.0 Å². The minimum Gasteiger partial charge on any atom is -0.490 e. The van der Waals surface area contributed by atoms with Crippen LogP contribution in [0.2, 0.25) is 0 Å². The Labute approximate surface area is 127 Å². The van der Waals surface area contributed by atoms with Gasteiger partial charge >= 0.3 is 5.97 Å². The van der Waals surface area contributed by atoms with Crippen molar-refractivity contribution in [3.8, 4) is 5.75 Å². The van der Waals surface area contributed by atoms with Gasteiger partial charge in [0.15, 0.2) is 0 Å². The highest BCUT2D eigenvalue weighted by atomic mass is 16.6. The molecule has 0 radical (unpaired) electrons. The fourth-order valence-corrected chi connectivity index (χ4v) is 2.23. The fourth-order valence-electron chi connectivity index (χ4n) is 2.23. The molecule has 1 atom stereocenters. The zero-order valence-electron chi connectivity index (χ0n) is 13.1. The highest BCUT2D eigenvalue weighted by molar-refractivity contribution is 5.69. The van der Waals surface area contributed by atoms with Crippen LogP contribution >= 0.6 is 0 Å². The molecule has 0 fully saturated rings. The third kappa shape index (κ3) is 7.71. The molecule has 0 heterocycles. The first-order chi connectivity index (χ1) is 10.1. The summed E-state index contributed by atoms with van der Waals surface area (Å²) >= 11 is 0. The average molecular weight is 293 g/mol. The lowest BCUT2D eigenvalue weighted by Gasteiger charge is -2.19. The number of esters is 1. The Bertz CT molecular complexity index is 392. The van der Waals surface area contributed by atoms with E-state index in [0.29, 0.717) is 31.4 Å². The van der Waals surface area contributed by atoms with Crippen LogP contribution < -0.4 is 10.5 Å². The summed E-state index contributed by atoms with van der Waals surface area (Å²) in [6.45, 7) is 5.67. The van der Waals surface area contributed by atoms with E-state index in [9.17, 15) is 4.79 Å². The van der Waals surface area contributed by atoms with Gasteiger partial charge in [0.25, 0.3) is 0 Å². The molecule has 0 spiro atoms. The second-order valence-electron chi connectivity index (χ2n) is 5.50. The molecule has 0 aliphatic rings. The van der Waals surface area contributed by atoms with E-state index in [0.717, 1.165) is 18.6 Å². The maximum Gasteiger partial charge on any atom is 0.305 e. The van der Waals surface area contributed by atoms with Crippen molar-refractivity contribution >= 4 is 5.97 Å². The van der Waals surface area contributed by atoms with Crippen LogP contribution in [0, 0.1) is 11.8 Å². The molecule has 0 bridgehead atoms. The van der Waals surface area contributed by atoms with E-state index in [2.05, 4.69) is 13.8 Å². The molecule has 4 nitrogen and oxygen atoms in total. The van der Waals surface area contributed by atoms with Crippen LogP contribution in [0.5, 0.6) is 5.75 Å². The Morgan fingerprint density at radius 2 is 1.86 bits per heavy atom. The van der Waals surface area contributed by atoms with E-state index in [-0.39, 0.29) is 12.6 Å². The van der Waals surface area contributed by atoms with Gasteiger partial charge in [-0.15, -0.1) is 0 Å². The van der Waals surface area contributed by atoms with E-state index in [4.69, 9.17) is 15.2 Å².